The Kier molecular flexibility index (Phi) is 7.62. The van der Waals surface area contributed by atoms with E-state index in [4.69, 9.17) is 0 Å². The topological polar surface area (TPSA) is 58.2 Å². The van der Waals surface area contributed by atoms with Gasteiger partial charge in [0.1, 0.15) is 0 Å². The molecule has 0 rings (SSSR count). The lowest BCUT2D eigenvalue weighted by molar-refractivity contribution is 0.563. The number of hydrogen-bond acceptors (Lipinski definition) is 4. The highest BCUT2D eigenvalue weighted by molar-refractivity contribution is 7.98. The van der Waals surface area contributed by atoms with Crippen LogP contribution in [0, 0.1) is 0 Å². The van der Waals surface area contributed by atoms with Crippen LogP contribution in [0.4, 0.5) is 0 Å². The van der Waals surface area contributed by atoms with Crippen molar-refractivity contribution in [3.8, 4) is 0 Å². The highest BCUT2D eigenvalue weighted by Crippen LogP contribution is 1.98. The molecule has 0 amide bonds. The second kappa shape index (κ2) is 7.50. The van der Waals surface area contributed by atoms with Gasteiger partial charge in [-0.15, -0.1) is 0 Å². The zero-order valence-electron chi connectivity index (χ0n) is 9.04. The van der Waals surface area contributed by atoms with E-state index in [-0.39, 0.29) is 5.25 Å². The van der Waals surface area contributed by atoms with Crippen molar-refractivity contribution in [2.75, 3.05) is 32.1 Å². The Balaban J connectivity index is 3.83. The van der Waals surface area contributed by atoms with Gasteiger partial charge in [0.05, 0.1) is 5.25 Å². The highest BCUT2D eigenvalue weighted by Gasteiger charge is 2.18. The monoisotopic (exact) mass is 240 g/mol. The molecule has 0 fully saturated rings. The van der Waals surface area contributed by atoms with Crippen molar-refractivity contribution < 1.29 is 8.42 Å². The lowest BCUT2D eigenvalue weighted by Gasteiger charge is -2.12. The van der Waals surface area contributed by atoms with Crippen LogP contribution in [-0.2, 0) is 10.0 Å². The largest absolute Gasteiger partial charge is 0.318 e. The van der Waals surface area contributed by atoms with Crippen molar-refractivity contribution >= 4 is 21.8 Å². The first-order valence-electron chi connectivity index (χ1n) is 4.66. The summed E-state index contributed by atoms with van der Waals surface area (Å²) < 4.78 is 25.6. The fourth-order valence-electron chi connectivity index (χ4n) is 0.970. The molecule has 1 atom stereocenters. The first-order chi connectivity index (χ1) is 6.54. The van der Waals surface area contributed by atoms with E-state index in [1.807, 2.05) is 6.26 Å². The van der Waals surface area contributed by atoms with Gasteiger partial charge in [-0.2, -0.15) is 11.8 Å². The van der Waals surface area contributed by atoms with Crippen LogP contribution >= 0.6 is 11.8 Å². The van der Waals surface area contributed by atoms with Gasteiger partial charge < -0.3 is 5.32 Å². The molecule has 0 aromatic heterocycles. The lowest BCUT2D eigenvalue weighted by Crippen LogP contribution is -2.38. The molecule has 0 radical (unpaired) electrons. The molecule has 0 spiro atoms. The standard InChI is InChI=1S/C8H20N2O2S2/c1-8(7-9-2)14(11,12)10-5-4-6-13-3/h8-10H,4-7H2,1-3H3. The van der Waals surface area contributed by atoms with Gasteiger partial charge in [0, 0.05) is 13.1 Å². The van der Waals surface area contributed by atoms with Gasteiger partial charge in [0.25, 0.3) is 0 Å². The summed E-state index contributed by atoms with van der Waals surface area (Å²) in [5.74, 6) is 0.989. The maximum atomic E-state index is 11.5. The smallest absolute Gasteiger partial charge is 0.215 e. The number of sulfonamides is 1. The minimum atomic E-state index is -3.12. The number of hydrogen-bond donors (Lipinski definition) is 2. The highest BCUT2D eigenvalue weighted by atomic mass is 32.2. The Bertz CT molecular complexity index is 229. The number of nitrogens with one attached hydrogen (secondary N) is 2. The third-order valence-electron chi connectivity index (χ3n) is 1.85. The van der Waals surface area contributed by atoms with Gasteiger partial charge in [0.2, 0.25) is 10.0 Å². The molecule has 14 heavy (non-hydrogen) atoms. The van der Waals surface area contributed by atoms with Crippen molar-refractivity contribution in [3.05, 3.63) is 0 Å². The molecule has 86 valence electrons. The fraction of sp³-hybridized carbons (Fsp3) is 1.00. The maximum absolute atomic E-state index is 11.5. The molecular weight excluding hydrogens is 220 g/mol. The normalized spacial score (nSPS) is 14.2. The summed E-state index contributed by atoms with van der Waals surface area (Å²) in [5.41, 5.74) is 0. The quantitative estimate of drug-likeness (QED) is 0.598. The van der Waals surface area contributed by atoms with Crippen LogP contribution in [0.25, 0.3) is 0 Å². The van der Waals surface area contributed by atoms with Crippen molar-refractivity contribution in [2.45, 2.75) is 18.6 Å². The van der Waals surface area contributed by atoms with Gasteiger partial charge in [-0.05, 0) is 32.4 Å². The van der Waals surface area contributed by atoms with E-state index in [1.54, 1.807) is 25.7 Å². The predicted octanol–water partition coefficient (Wildman–Crippen LogP) is 0.267. The fourth-order valence-corrected chi connectivity index (χ4v) is 2.50. The molecule has 0 bridgehead atoms. The second-order valence-electron chi connectivity index (χ2n) is 3.15. The van der Waals surface area contributed by atoms with Crippen LogP contribution in [0.5, 0.6) is 0 Å². The summed E-state index contributed by atoms with van der Waals surface area (Å²) in [5, 5.41) is 2.48. The molecule has 0 aliphatic carbocycles. The summed E-state index contributed by atoms with van der Waals surface area (Å²) in [7, 11) is -1.37. The Morgan fingerprint density at radius 1 is 1.43 bits per heavy atom. The van der Waals surface area contributed by atoms with Gasteiger partial charge in [0.15, 0.2) is 0 Å². The predicted molar refractivity (Wildman–Crippen MR) is 63.3 cm³/mol. The van der Waals surface area contributed by atoms with Crippen LogP contribution in [0.1, 0.15) is 13.3 Å². The molecule has 4 nitrogen and oxygen atoms in total. The first-order valence-corrected chi connectivity index (χ1v) is 7.60. The third kappa shape index (κ3) is 5.85. The molecule has 0 aliphatic heterocycles. The van der Waals surface area contributed by atoms with E-state index in [1.165, 1.54) is 0 Å². The molecule has 0 saturated heterocycles. The minimum absolute atomic E-state index is 0.373. The van der Waals surface area contributed by atoms with E-state index in [0.29, 0.717) is 13.1 Å². The molecule has 0 aliphatic rings. The summed E-state index contributed by atoms with van der Waals surface area (Å²) in [6.07, 6.45) is 2.89. The van der Waals surface area contributed by atoms with E-state index in [2.05, 4.69) is 10.0 Å². The second-order valence-corrected chi connectivity index (χ2v) is 6.32. The van der Waals surface area contributed by atoms with Crippen LogP contribution in [0.2, 0.25) is 0 Å². The Hall–Kier alpha value is 0.220. The molecule has 0 saturated carbocycles. The van der Waals surface area contributed by atoms with Crippen molar-refractivity contribution in [1.29, 1.82) is 0 Å². The molecule has 2 N–H and O–H groups in total. The number of thioether (sulfide) groups is 1. The summed E-state index contributed by atoms with van der Waals surface area (Å²) in [6.45, 7) is 2.72. The van der Waals surface area contributed by atoms with Crippen LogP contribution in [0.15, 0.2) is 0 Å². The zero-order chi connectivity index (χ0) is 11.0. The van der Waals surface area contributed by atoms with E-state index in [0.717, 1.165) is 12.2 Å². The average molecular weight is 240 g/mol. The summed E-state index contributed by atoms with van der Waals surface area (Å²) >= 11 is 1.72. The van der Waals surface area contributed by atoms with Crippen LogP contribution < -0.4 is 10.0 Å². The van der Waals surface area contributed by atoms with E-state index in [9.17, 15) is 8.42 Å². The Morgan fingerprint density at radius 2 is 2.07 bits per heavy atom. The first kappa shape index (κ1) is 14.2. The molecular formula is C8H20N2O2S2. The van der Waals surface area contributed by atoms with Crippen molar-refractivity contribution in [1.82, 2.24) is 10.0 Å². The Labute approximate surface area is 91.3 Å². The molecule has 1 unspecified atom stereocenters. The molecule has 0 aromatic rings. The molecule has 6 heteroatoms. The van der Waals surface area contributed by atoms with Crippen LogP contribution in [-0.4, -0.2) is 45.8 Å². The minimum Gasteiger partial charge on any atom is -0.318 e. The molecule has 0 heterocycles. The number of rotatable bonds is 8. The van der Waals surface area contributed by atoms with E-state index >= 15 is 0 Å². The van der Waals surface area contributed by atoms with Gasteiger partial charge in [-0.1, -0.05) is 0 Å². The zero-order valence-corrected chi connectivity index (χ0v) is 10.7. The van der Waals surface area contributed by atoms with Gasteiger partial charge >= 0.3 is 0 Å². The van der Waals surface area contributed by atoms with Gasteiger partial charge in [-0.25, -0.2) is 13.1 Å². The summed E-state index contributed by atoms with van der Waals surface area (Å²) in [4.78, 5) is 0. The Morgan fingerprint density at radius 3 is 2.57 bits per heavy atom. The average Bonchev–Trinajstić information content (AvgIpc) is 2.13. The summed E-state index contributed by atoms with van der Waals surface area (Å²) in [6, 6.07) is 0. The SMILES string of the molecule is CNCC(C)S(=O)(=O)NCCCSC. The van der Waals surface area contributed by atoms with Gasteiger partial charge in [-0.3, -0.25) is 0 Å². The lowest BCUT2D eigenvalue weighted by atomic mass is 10.5. The molecule has 0 aromatic carbocycles. The van der Waals surface area contributed by atoms with Crippen LogP contribution in [0.3, 0.4) is 0 Å². The third-order valence-corrected chi connectivity index (χ3v) is 4.38. The van der Waals surface area contributed by atoms with E-state index < -0.39 is 10.0 Å². The maximum Gasteiger partial charge on any atom is 0.215 e. The van der Waals surface area contributed by atoms with Crippen molar-refractivity contribution in [3.63, 3.8) is 0 Å². The van der Waals surface area contributed by atoms with Crippen molar-refractivity contribution in [2.24, 2.45) is 0 Å².